The maximum atomic E-state index is 12.6. The lowest BCUT2D eigenvalue weighted by atomic mass is 9.91. The Kier molecular flexibility index (Phi) is 7.66. The number of ether oxygens (including phenoxy) is 3. The number of hydrogen-bond acceptors (Lipinski definition) is 5. The molecule has 2 unspecified atom stereocenters. The Bertz CT molecular complexity index is 611. The van der Waals surface area contributed by atoms with Gasteiger partial charge in [0.2, 0.25) is 0 Å². The molecule has 1 aliphatic rings. The van der Waals surface area contributed by atoms with Crippen LogP contribution in [0.2, 0.25) is 0 Å². The van der Waals surface area contributed by atoms with Gasteiger partial charge < -0.3 is 19.1 Å². The lowest BCUT2D eigenvalue weighted by molar-refractivity contribution is -0.150. The van der Waals surface area contributed by atoms with Crippen molar-refractivity contribution in [2.24, 2.45) is 5.92 Å². The average Bonchev–Trinajstić information content (AvgIpc) is 2.61. The summed E-state index contributed by atoms with van der Waals surface area (Å²) in [7, 11) is 0. The second-order valence-corrected chi connectivity index (χ2v) is 7.80. The standard InChI is InChI=1S/C21H31NO5/c1-5-26-19(23)17-11-12-22(20(24)27-21(2,3)4)18(13-17)15-25-14-16-9-7-6-8-10-16/h6-10,17-18H,5,11-15H2,1-4H3. The number of esters is 1. The van der Waals surface area contributed by atoms with Gasteiger partial charge in [0.15, 0.2) is 0 Å². The van der Waals surface area contributed by atoms with E-state index in [4.69, 9.17) is 14.2 Å². The normalized spacial score (nSPS) is 20.2. The summed E-state index contributed by atoms with van der Waals surface area (Å²) in [6.45, 7) is 8.96. The molecule has 0 aromatic heterocycles. The van der Waals surface area contributed by atoms with E-state index in [2.05, 4.69) is 0 Å². The molecule has 27 heavy (non-hydrogen) atoms. The van der Waals surface area contributed by atoms with Crippen molar-refractivity contribution >= 4 is 12.1 Å². The fourth-order valence-electron chi connectivity index (χ4n) is 3.13. The Hall–Kier alpha value is -2.08. The monoisotopic (exact) mass is 377 g/mol. The first-order chi connectivity index (χ1) is 12.8. The molecule has 150 valence electrons. The lowest BCUT2D eigenvalue weighted by Crippen LogP contribution is -2.51. The molecule has 1 heterocycles. The van der Waals surface area contributed by atoms with E-state index in [-0.39, 0.29) is 24.0 Å². The predicted octanol–water partition coefficient (Wildman–Crippen LogP) is 3.78. The fraction of sp³-hybridized carbons (Fsp3) is 0.619. The molecule has 2 rings (SSSR count). The van der Waals surface area contributed by atoms with Crippen molar-refractivity contribution in [1.82, 2.24) is 4.90 Å². The molecule has 1 aliphatic heterocycles. The van der Waals surface area contributed by atoms with Gasteiger partial charge >= 0.3 is 12.1 Å². The fourth-order valence-corrected chi connectivity index (χ4v) is 3.13. The van der Waals surface area contributed by atoms with E-state index in [0.29, 0.717) is 39.2 Å². The van der Waals surface area contributed by atoms with E-state index in [1.165, 1.54) is 0 Å². The number of benzene rings is 1. The van der Waals surface area contributed by atoms with Crippen LogP contribution in [0.1, 0.15) is 46.1 Å². The largest absolute Gasteiger partial charge is 0.466 e. The van der Waals surface area contributed by atoms with Gasteiger partial charge in [0.1, 0.15) is 5.60 Å². The molecule has 1 aromatic rings. The number of amides is 1. The number of nitrogens with zero attached hydrogens (tertiary/aromatic N) is 1. The first-order valence-electron chi connectivity index (χ1n) is 9.58. The lowest BCUT2D eigenvalue weighted by Gasteiger charge is -2.39. The average molecular weight is 377 g/mol. The van der Waals surface area contributed by atoms with Crippen LogP contribution in [0.5, 0.6) is 0 Å². The Morgan fingerprint density at radius 2 is 1.89 bits per heavy atom. The van der Waals surface area contributed by atoms with Crippen molar-refractivity contribution in [3.63, 3.8) is 0 Å². The molecule has 1 aromatic carbocycles. The summed E-state index contributed by atoms with van der Waals surface area (Å²) in [5.41, 5.74) is 0.504. The second-order valence-electron chi connectivity index (χ2n) is 7.80. The van der Waals surface area contributed by atoms with E-state index in [1.807, 2.05) is 51.1 Å². The molecule has 6 heteroatoms. The Balaban J connectivity index is 2.00. The van der Waals surface area contributed by atoms with Gasteiger partial charge in [0, 0.05) is 6.54 Å². The summed E-state index contributed by atoms with van der Waals surface area (Å²) in [5, 5.41) is 0. The second kappa shape index (κ2) is 9.74. The molecule has 0 bridgehead atoms. The van der Waals surface area contributed by atoms with Gasteiger partial charge in [-0.3, -0.25) is 4.79 Å². The van der Waals surface area contributed by atoms with Gasteiger partial charge in [-0.15, -0.1) is 0 Å². The first-order valence-corrected chi connectivity index (χ1v) is 9.58. The molecule has 2 atom stereocenters. The van der Waals surface area contributed by atoms with Crippen LogP contribution < -0.4 is 0 Å². The third-order valence-electron chi connectivity index (χ3n) is 4.39. The smallest absolute Gasteiger partial charge is 0.410 e. The summed E-state index contributed by atoms with van der Waals surface area (Å²) in [4.78, 5) is 26.4. The summed E-state index contributed by atoms with van der Waals surface area (Å²) in [6, 6.07) is 9.65. The Labute approximate surface area is 161 Å². The van der Waals surface area contributed by atoms with Gasteiger partial charge in [-0.25, -0.2) is 4.79 Å². The Morgan fingerprint density at radius 3 is 2.52 bits per heavy atom. The van der Waals surface area contributed by atoms with Crippen LogP contribution in [0, 0.1) is 5.92 Å². The van der Waals surface area contributed by atoms with E-state index in [0.717, 1.165) is 5.56 Å². The highest BCUT2D eigenvalue weighted by atomic mass is 16.6. The SMILES string of the molecule is CCOC(=O)C1CCN(C(=O)OC(C)(C)C)C(COCc2ccccc2)C1. The highest BCUT2D eigenvalue weighted by Crippen LogP contribution is 2.26. The van der Waals surface area contributed by atoms with E-state index in [1.54, 1.807) is 11.8 Å². The first kappa shape index (κ1) is 21.2. The van der Waals surface area contributed by atoms with Crippen molar-refractivity contribution in [3.8, 4) is 0 Å². The summed E-state index contributed by atoms with van der Waals surface area (Å²) in [5.74, 6) is -0.414. The maximum Gasteiger partial charge on any atom is 0.410 e. The molecule has 1 fully saturated rings. The third kappa shape index (κ3) is 6.86. The quantitative estimate of drug-likeness (QED) is 0.706. The topological polar surface area (TPSA) is 65.1 Å². The predicted molar refractivity (Wildman–Crippen MR) is 102 cm³/mol. The van der Waals surface area contributed by atoms with Crippen LogP contribution in [-0.4, -0.2) is 48.4 Å². The zero-order valence-electron chi connectivity index (χ0n) is 16.8. The van der Waals surface area contributed by atoms with Gasteiger partial charge in [0.05, 0.1) is 31.8 Å². The van der Waals surface area contributed by atoms with Gasteiger partial charge in [-0.1, -0.05) is 30.3 Å². The number of piperidine rings is 1. The Morgan fingerprint density at radius 1 is 1.19 bits per heavy atom. The maximum absolute atomic E-state index is 12.6. The number of carbonyl (C=O) groups excluding carboxylic acids is 2. The van der Waals surface area contributed by atoms with Crippen LogP contribution in [0.4, 0.5) is 4.79 Å². The van der Waals surface area contributed by atoms with Gasteiger partial charge in [0.25, 0.3) is 0 Å². The van der Waals surface area contributed by atoms with Crippen molar-refractivity contribution in [2.75, 3.05) is 19.8 Å². The summed E-state index contributed by atoms with van der Waals surface area (Å²) >= 11 is 0. The van der Waals surface area contributed by atoms with Crippen LogP contribution >= 0.6 is 0 Å². The molecule has 1 saturated heterocycles. The van der Waals surface area contributed by atoms with Gasteiger partial charge in [-0.2, -0.15) is 0 Å². The molecule has 0 N–H and O–H groups in total. The number of carbonyl (C=O) groups is 2. The number of likely N-dealkylation sites (tertiary alicyclic amines) is 1. The zero-order chi connectivity index (χ0) is 19.9. The van der Waals surface area contributed by atoms with E-state index >= 15 is 0 Å². The molecular formula is C21H31NO5. The van der Waals surface area contributed by atoms with Crippen molar-refractivity contribution < 1.29 is 23.8 Å². The van der Waals surface area contributed by atoms with Crippen LogP contribution in [0.3, 0.4) is 0 Å². The summed E-state index contributed by atoms with van der Waals surface area (Å²) in [6.07, 6.45) is 0.734. The van der Waals surface area contributed by atoms with Gasteiger partial charge in [-0.05, 0) is 46.1 Å². The van der Waals surface area contributed by atoms with Crippen molar-refractivity contribution in [1.29, 1.82) is 0 Å². The van der Waals surface area contributed by atoms with Crippen LogP contribution in [0.25, 0.3) is 0 Å². The van der Waals surface area contributed by atoms with E-state index in [9.17, 15) is 9.59 Å². The molecule has 6 nitrogen and oxygen atoms in total. The molecule has 0 saturated carbocycles. The minimum atomic E-state index is -0.565. The van der Waals surface area contributed by atoms with Crippen LogP contribution in [-0.2, 0) is 25.6 Å². The number of hydrogen-bond donors (Lipinski definition) is 0. The highest BCUT2D eigenvalue weighted by molar-refractivity contribution is 5.74. The molecular weight excluding hydrogens is 346 g/mol. The minimum Gasteiger partial charge on any atom is -0.466 e. The van der Waals surface area contributed by atoms with Crippen molar-refractivity contribution in [3.05, 3.63) is 35.9 Å². The molecule has 0 spiro atoms. The number of rotatable bonds is 6. The summed E-state index contributed by atoms with van der Waals surface area (Å²) < 4.78 is 16.6. The highest BCUT2D eigenvalue weighted by Gasteiger charge is 2.37. The molecule has 0 radical (unpaired) electrons. The third-order valence-corrected chi connectivity index (χ3v) is 4.39. The zero-order valence-corrected chi connectivity index (χ0v) is 16.8. The van der Waals surface area contributed by atoms with Crippen molar-refractivity contribution in [2.45, 2.75) is 58.8 Å². The minimum absolute atomic E-state index is 0.200. The molecule has 0 aliphatic carbocycles. The van der Waals surface area contributed by atoms with Crippen LogP contribution in [0.15, 0.2) is 30.3 Å². The molecule has 1 amide bonds. The van der Waals surface area contributed by atoms with E-state index < -0.39 is 5.60 Å².